The Bertz CT molecular complexity index is 1540. The van der Waals surface area contributed by atoms with E-state index < -0.39 is 99.3 Å². The molecule has 15 heteroatoms. The topological polar surface area (TPSA) is 231 Å². The minimum absolute atomic E-state index is 0.149. The molecule has 7 N–H and O–H groups in total. The van der Waals surface area contributed by atoms with Gasteiger partial charge in [-0.05, 0) is 83.5 Å². The van der Waals surface area contributed by atoms with Crippen molar-refractivity contribution in [2.45, 2.75) is 255 Å². The predicted molar refractivity (Wildman–Crippen MR) is 284 cm³/mol. The number of ether oxygens (including phenoxy) is 6. The number of aliphatic hydroxyl groups excluding tert-OH is 7. The van der Waals surface area contributed by atoms with Crippen LogP contribution in [0.4, 0.5) is 0 Å². The molecule has 420 valence electrons. The molecule has 0 aromatic carbocycles. The molecule has 0 radical (unpaired) electrons. The summed E-state index contributed by atoms with van der Waals surface area (Å²) in [5.74, 6) is -0.953. The zero-order valence-corrected chi connectivity index (χ0v) is 44.6. The Labute approximate surface area is 438 Å². The number of carbonyl (C=O) groups is 2. The van der Waals surface area contributed by atoms with Crippen molar-refractivity contribution < 1.29 is 73.8 Å². The van der Waals surface area contributed by atoms with Crippen LogP contribution in [-0.4, -0.2) is 142 Å². The monoisotopic (exact) mass is 1030 g/mol. The van der Waals surface area contributed by atoms with Crippen molar-refractivity contribution in [1.82, 2.24) is 0 Å². The minimum Gasteiger partial charge on any atom is -0.462 e. The van der Waals surface area contributed by atoms with E-state index in [2.05, 4.69) is 86.8 Å². The molecule has 0 saturated carbocycles. The van der Waals surface area contributed by atoms with Crippen molar-refractivity contribution in [3.63, 3.8) is 0 Å². The Morgan fingerprint density at radius 2 is 0.863 bits per heavy atom. The summed E-state index contributed by atoms with van der Waals surface area (Å²) in [5, 5.41) is 72.2. The molecule has 0 aromatic heterocycles. The smallest absolute Gasteiger partial charge is 0.306 e. The van der Waals surface area contributed by atoms with Crippen LogP contribution < -0.4 is 0 Å². The molecule has 15 nitrogen and oxygen atoms in total. The average Bonchev–Trinajstić information content (AvgIpc) is 3.38. The van der Waals surface area contributed by atoms with Gasteiger partial charge >= 0.3 is 11.9 Å². The van der Waals surface area contributed by atoms with E-state index >= 15 is 0 Å². The average molecular weight is 1040 g/mol. The van der Waals surface area contributed by atoms with Gasteiger partial charge in [0.15, 0.2) is 18.7 Å². The van der Waals surface area contributed by atoms with Crippen LogP contribution in [0.1, 0.15) is 187 Å². The first kappa shape index (κ1) is 66.1. The third-order valence-electron chi connectivity index (χ3n) is 12.9. The third kappa shape index (κ3) is 31.6. The summed E-state index contributed by atoms with van der Waals surface area (Å²) < 4.78 is 33.6. The second-order valence-corrected chi connectivity index (χ2v) is 19.4. The number of esters is 2. The maximum absolute atomic E-state index is 13.1. The van der Waals surface area contributed by atoms with E-state index in [9.17, 15) is 45.3 Å². The summed E-state index contributed by atoms with van der Waals surface area (Å²) >= 11 is 0. The van der Waals surface area contributed by atoms with Gasteiger partial charge in [0.1, 0.15) is 55.4 Å². The number of hydrogen-bond donors (Lipinski definition) is 7. The summed E-state index contributed by atoms with van der Waals surface area (Å²) in [6.45, 7) is 2.44. The molecule has 11 atom stereocenters. The second-order valence-electron chi connectivity index (χ2n) is 19.4. The highest BCUT2D eigenvalue weighted by molar-refractivity contribution is 5.70. The van der Waals surface area contributed by atoms with Gasteiger partial charge in [-0.2, -0.15) is 0 Å². The number of hydrogen-bond acceptors (Lipinski definition) is 15. The fourth-order valence-electron chi connectivity index (χ4n) is 8.36. The Morgan fingerprint density at radius 1 is 0.452 bits per heavy atom. The number of rotatable bonds is 43. The van der Waals surface area contributed by atoms with E-state index in [0.29, 0.717) is 12.8 Å². The molecule has 2 heterocycles. The van der Waals surface area contributed by atoms with Gasteiger partial charge in [-0.3, -0.25) is 9.59 Å². The summed E-state index contributed by atoms with van der Waals surface area (Å²) in [4.78, 5) is 25.9. The Kier molecular flexibility index (Phi) is 39.9. The Balaban J connectivity index is 1.78. The number of unbranched alkanes of at least 4 members (excludes halogenated alkanes) is 17. The SMILES string of the molecule is CC/C=C\C/C=C\C/C=C\C/C=C\CCCCCCCCCCC(=O)OC(COC(=O)CCCCCCC/C=C\C/C=C\CCCCCC)COC1OC(COC2OC(CO)C(O)C(O)C2O)C(O)C(O)C1O. The summed E-state index contributed by atoms with van der Waals surface area (Å²) in [6, 6.07) is 0. The lowest BCUT2D eigenvalue weighted by Gasteiger charge is -2.42. The van der Waals surface area contributed by atoms with Crippen LogP contribution in [0.5, 0.6) is 0 Å². The van der Waals surface area contributed by atoms with Gasteiger partial charge < -0.3 is 64.2 Å². The maximum Gasteiger partial charge on any atom is 0.306 e. The molecular formula is C58H98O15. The van der Waals surface area contributed by atoms with E-state index in [1.807, 2.05) is 0 Å². The van der Waals surface area contributed by atoms with Crippen LogP contribution in [0, 0.1) is 0 Å². The maximum atomic E-state index is 13.1. The fourth-order valence-corrected chi connectivity index (χ4v) is 8.36. The highest BCUT2D eigenvalue weighted by atomic mass is 16.7. The first-order valence-electron chi connectivity index (χ1n) is 28.0. The van der Waals surface area contributed by atoms with Crippen molar-refractivity contribution in [2.24, 2.45) is 0 Å². The standard InChI is InChI=1S/C58H98O15/c1-3-5-7-9-11-13-15-17-19-21-22-23-24-25-27-29-31-33-35-37-39-41-50(61)71-46(43-68-49(60)40-38-36-34-32-30-28-26-20-18-16-14-12-10-8-6-4-2)44-69-57-56(67)54(65)52(63)48(73-57)45-70-58-55(66)53(64)51(62)47(42-59)72-58/h5,7,11,13-14,16-17,19-20,22-23,26,46-48,51-59,62-67H,3-4,6,8-10,12,15,18,21,24-25,27-45H2,1-2H3/b7-5-,13-11-,16-14-,19-17-,23-22-,26-20-. The lowest BCUT2D eigenvalue weighted by Crippen LogP contribution is -2.61. The molecule has 2 rings (SSSR count). The number of allylic oxidation sites excluding steroid dienone is 12. The zero-order chi connectivity index (χ0) is 53.2. The van der Waals surface area contributed by atoms with Crippen molar-refractivity contribution in [3.8, 4) is 0 Å². The predicted octanol–water partition coefficient (Wildman–Crippen LogP) is 8.99. The van der Waals surface area contributed by atoms with Crippen LogP contribution in [0.2, 0.25) is 0 Å². The van der Waals surface area contributed by atoms with E-state index in [1.165, 1.54) is 44.9 Å². The van der Waals surface area contributed by atoms with Gasteiger partial charge in [-0.1, -0.05) is 164 Å². The van der Waals surface area contributed by atoms with E-state index in [0.717, 1.165) is 103 Å². The van der Waals surface area contributed by atoms with Crippen LogP contribution >= 0.6 is 0 Å². The van der Waals surface area contributed by atoms with Crippen molar-refractivity contribution in [1.29, 1.82) is 0 Å². The molecule has 2 aliphatic rings. The van der Waals surface area contributed by atoms with E-state index in [-0.39, 0.29) is 19.4 Å². The van der Waals surface area contributed by atoms with Crippen LogP contribution in [0.15, 0.2) is 72.9 Å². The van der Waals surface area contributed by atoms with Gasteiger partial charge in [-0.15, -0.1) is 0 Å². The Morgan fingerprint density at radius 3 is 1.36 bits per heavy atom. The quantitative estimate of drug-likeness (QED) is 0.0172. The number of carbonyl (C=O) groups excluding carboxylic acids is 2. The van der Waals surface area contributed by atoms with Crippen molar-refractivity contribution in [2.75, 3.05) is 26.4 Å². The molecule has 2 fully saturated rings. The third-order valence-corrected chi connectivity index (χ3v) is 12.9. The molecule has 2 aliphatic heterocycles. The van der Waals surface area contributed by atoms with Crippen LogP contribution in [0.3, 0.4) is 0 Å². The second kappa shape index (κ2) is 44.1. The van der Waals surface area contributed by atoms with Gasteiger partial charge in [0, 0.05) is 12.8 Å². The van der Waals surface area contributed by atoms with Gasteiger partial charge in [-0.25, -0.2) is 0 Å². The molecule has 0 aromatic rings. The largest absolute Gasteiger partial charge is 0.462 e. The van der Waals surface area contributed by atoms with Gasteiger partial charge in [0.25, 0.3) is 0 Å². The van der Waals surface area contributed by atoms with Crippen LogP contribution in [-0.2, 0) is 38.0 Å². The zero-order valence-electron chi connectivity index (χ0n) is 44.6. The molecule has 0 aliphatic carbocycles. The first-order chi connectivity index (χ1) is 35.5. The fraction of sp³-hybridized carbons (Fsp3) is 0.759. The van der Waals surface area contributed by atoms with E-state index in [1.54, 1.807) is 0 Å². The molecule has 0 amide bonds. The number of aliphatic hydroxyl groups is 7. The lowest BCUT2D eigenvalue weighted by atomic mass is 9.98. The lowest BCUT2D eigenvalue weighted by molar-refractivity contribution is -0.332. The summed E-state index contributed by atoms with van der Waals surface area (Å²) in [5.41, 5.74) is 0. The normalized spacial score (nSPS) is 25.4. The van der Waals surface area contributed by atoms with Gasteiger partial charge in [0.05, 0.1) is 19.8 Å². The molecular weight excluding hydrogens is 937 g/mol. The molecule has 11 unspecified atom stereocenters. The molecule has 0 bridgehead atoms. The molecule has 73 heavy (non-hydrogen) atoms. The highest BCUT2D eigenvalue weighted by Gasteiger charge is 2.47. The molecule has 2 saturated heterocycles. The first-order valence-corrected chi connectivity index (χ1v) is 28.0. The minimum atomic E-state index is -1.77. The summed E-state index contributed by atoms with van der Waals surface area (Å²) in [7, 11) is 0. The van der Waals surface area contributed by atoms with Gasteiger partial charge in [0.2, 0.25) is 0 Å². The van der Waals surface area contributed by atoms with Crippen molar-refractivity contribution >= 4 is 11.9 Å². The molecule has 0 spiro atoms. The van der Waals surface area contributed by atoms with E-state index in [4.69, 9.17) is 28.4 Å². The highest BCUT2D eigenvalue weighted by Crippen LogP contribution is 2.26. The Hall–Kier alpha value is -3.06. The van der Waals surface area contributed by atoms with Crippen LogP contribution in [0.25, 0.3) is 0 Å². The summed E-state index contributed by atoms with van der Waals surface area (Å²) in [6.07, 6.45) is 36.3. The van der Waals surface area contributed by atoms with Crippen molar-refractivity contribution in [3.05, 3.63) is 72.9 Å².